The normalized spacial score (nSPS) is 11.2. The number of benzene rings is 2. The predicted molar refractivity (Wildman–Crippen MR) is 91.8 cm³/mol. The van der Waals surface area contributed by atoms with E-state index in [-0.39, 0.29) is 4.90 Å². The molecule has 0 radical (unpaired) electrons. The highest BCUT2D eigenvalue weighted by Gasteiger charge is 2.18. The fourth-order valence-electron chi connectivity index (χ4n) is 2.23. The summed E-state index contributed by atoms with van der Waals surface area (Å²) >= 11 is 0. The van der Waals surface area contributed by atoms with Gasteiger partial charge in [0.25, 0.3) is 10.0 Å². The zero-order valence-electron chi connectivity index (χ0n) is 13.1. The molecule has 0 saturated heterocycles. The average molecular weight is 343 g/mol. The molecule has 24 heavy (non-hydrogen) atoms. The Bertz CT molecular complexity index is 907. The summed E-state index contributed by atoms with van der Waals surface area (Å²) in [5.41, 5.74) is 1.42. The van der Waals surface area contributed by atoms with Crippen molar-refractivity contribution in [2.24, 2.45) is 0 Å². The number of nitrogens with zero attached hydrogens (tertiary/aromatic N) is 2. The van der Waals surface area contributed by atoms with E-state index in [4.69, 9.17) is 4.74 Å². The Morgan fingerprint density at radius 1 is 1.04 bits per heavy atom. The van der Waals surface area contributed by atoms with Gasteiger partial charge in [0.1, 0.15) is 0 Å². The summed E-state index contributed by atoms with van der Waals surface area (Å²) in [7, 11) is -3.75. The van der Waals surface area contributed by atoms with Gasteiger partial charge in [-0.25, -0.2) is 0 Å². The third kappa shape index (κ3) is 3.41. The number of hydrogen-bond donors (Lipinski definition) is 1. The molecule has 1 heterocycles. The molecule has 0 saturated carbocycles. The van der Waals surface area contributed by atoms with Crippen molar-refractivity contribution in [1.29, 1.82) is 0 Å². The smallest absolute Gasteiger partial charge is 0.276 e. The summed E-state index contributed by atoms with van der Waals surface area (Å²) in [6.45, 7) is 2.28. The second-order valence-corrected chi connectivity index (χ2v) is 6.65. The molecule has 0 spiro atoms. The lowest BCUT2D eigenvalue weighted by atomic mass is 10.2. The molecule has 7 heteroatoms. The lowest BCUT2D eigenvalue weighted by molar-refractivity contribution is 0.324. The number of ether oxygens (including phenoxy) is 1. The number of hydrogen-bond acceptors (Lipinski definition) is 4. The fraction of sp³-hybridized carbons (Fsp3) is 0.118. The summed E-state index contributed by atoms with van der Waals surface area (Å²) in [6.07, 6.45) is 0. The first kappa shape index (κ1) is 16.1. The van der Waals surface area contributed by atoms with Crippen molar-refractivity contribution < 1.29 is 13.2 Å². The molecule has 3 rings (SSSR count). The van der Waals surface area contributed by atoms with Gasteiger partial charge in [0.05, 0.1) is 17.2 Å². The number of sulfonamides is 1. The van der Waals surface area contributed by atoms with Crippen LogP contribution < -0.4 is 9.57 Å². The molecule has 0 amide bonds. The van der Waals surface area contributed by atoms with E-state index in [9.17, 15) is 8.42 Å². The topological polar surface area (TPSA) is 73.2 Å². The molecule has 0 aliphatic rings. The van der Waals surface area contributed by atoms with E-state index >= 15 is 0 Å². The summed E-state index contributed by atoms with van der Waals surface area (Å²) in [5, 5.41) is 4.19. The molecule has 0 fully saturated rings. The maximum atomic E-state index is 12.5. The van der Waals surface area contributed by atoms with Crippen molar-refractivity contribution in [2.75, 3.05) is 11.4 Å². The predicted octanol–water partition coefficient (Wildman–Crippen LogP) is 2.88. The van der Waals surface area contributed by atoms with Gasteiger partial charge >= 0.3 is 0 Å². The quantitative estimate of drug-likeness (QED) is 0.747. The Kier molecular flexibility index (Phi) is 4.52. The molecule has 2 aromatic carbocycles. The second-order valence-electron chi connectivity index (χ2n) is 4.99. The Hall–Kier alpha value is -2.80. The van der Waals surface area contributed by atoms with Crippen molar-refractivity contribution in [3.8, 4) is 17.1 Å². The highest BCUT2D eigenvalue weighted by molar-refractivity contribution is 7.92. The highest BCUT2D eigenvalue weighted by atomic mass is 32.2. The van der Waals surface area contributed by atoms with Gasteiger partial charge in [0.15, 0.2) is 0 Å². The van der Waals surface area contributed by atoms with Gasteiger partial charge in [-0.2, -0.15) is 18.0 Å². The number of aromatic nitrogens is 2. The molecule has 0 aliphatic heterocycles. The van der Waals surface area contributed by atoms with Crippen LogP contribution in [0.3, 0.4) is 0 Å². The molecule has 6 nitrogen and oxygen atoms in total. The van der Waals surface area contributed by atoms with E-state index in [0.717, 1.165) is 5.56 Å². The zero-order valence-corrected chi connectivity index (χ0v) is 13.9. The van der Waals surface area contributed by atoms with Gasteiger partial charge in [0, 0.05) is 11.6 Å². The van der Waals surface area contributed by atoms with Crippen molar-refractivity contribution >= 4 is 10.0 Å². The van der Waals surface area contributed by atoms with Crippen LogP contribution in [0.25, 0.3) is 11.3 Å². The minimum absolute atomic E-state index is 0.164. The standard InChI is InChI=1S/C17H17N3O3S/c1-2-23-17-13-16(14-9-5-3-6-10-14)20(18-17)19-24(21,22)15-11-7-4-8-12-15/h3-13,19H,2H2,1H3. The Morgan fingerprint density at radius 2 is 1.67 bits per heavy atom. The van der Waals surface area contributed by atoms with E-state index in [1.807, 2.05) is 37.3 Å². The molecule has 0 aliphatic carbocycles. The molecule has 0 unspecified atom stereocenters. The molecule has 1 aromatic heterocycles. The SMILES string of the molecule is CCOc1cc(-c2ccccc2)n(NS(=O)(=O)c2ccccc2)n1. The molecular weight excluding hydrogens is 326 g/mol. The number of rotatable bonds is 6. The van der Waals surface area contributed by atoms with Crippen LogP contribution in [0.5, 0.6) is 5.88 Å². The first-order valence-corrected chi connectivity index (χ1v) is 8.94. The van der Waals surface area contributed by atoms with E-state index in [1.54, 1.807) is 24.3 Å². The molecule has 3 aromatic rings. The minimum Gasteiger partial charge on any atom is -0.477 e. The maximum Gasteiger partial charge on any atom is 0.276 e. The summed E-state index contributed by atoms with van der Waals surface area (Å²) in [5.74, 6) is 0.354. The van der Waals surface area contributed by atoms with E-state index in [0.29, 0.717) is 18.2 Å². The lowest BCUT2D eigenvalue weighted by Gasteiger charge is -2.10. The van der Waals surface area contributed by atoms with E-state index in [2.05, 4.69) is 9.93 Å². The average Bonchev–Trinajstić information content (AvgIpc) is 2.98. The van der Waals surface area contributed by atoms with Crippen LogP contribution in [0.4, 0.5) is 0 Å². The van der Waals surface area contributed by atoms with Crippen LogP contribution in [0, 0.1) is 0 Å². The van der Waals surface area contributed by atoms with Crippen LogP contribution in [0.1, 0.15) is 6.92 Å². The van der Waals surface area contributed by atoms with Crippen molar-refractivity contribution in [3.63, 3.8) is 0 Å². The molecule has 0 bridgehead atoms. The lowest BCUT2D eigenvalue weighted by Crippen LogP contribution is -2.25. The second kappa shape index (κ2) is 6.76. The minimum atomic E-state index is -3.75. The first-order chi connectivity index (χ1) is 11.6. The maximum absolute atomic E-state index is 12.5. The van der Waals surface area contributed by atoms with Gasteiger partial charge in [-0.1, -0.05) is 48.5 Å². The summed E-state index contributed by atoms with van der Waals surface area (Å²) < 4.78 is 30.5. The van der Waals surface area contributed by atoms with Crippen LogP contribution in [-0.4, -0.2) is 24.9 Å². The van der Waals surface area contributed by atoms with E-state index < -0.39 is 10.0 Å². The van der Waals surface area contributed by atoms with Crippen LogP contribution in [0.2, 0.25) is 0 Å². The van der Waals surface area contributed by atoms with E-state index in [1.165, 1.54) is 16.9 Å². The molecule has 0 atom stereocenters. The van der Waals surface area contributed by atoms with Crippen molar-refractivity contribution in [3.05, 3.63) is 66.7 Å². The number of nitrogens with one attached hydrogen (secondary N) is 1. The third-order valence-corrected chi connectivity index (χ3v) is 4.61. The Balaban J connectivity index is 2.01. The van der Waals surface area contributed by atoms with Crippen LogP contribution >= 0.6 is 0 Å². The largest absolute Gasteiger partial charge is 0.477 e. The zero-order chi connectivity index (χ0) is 17.0. The molecule has 1 N–H and O–H groups in total. The van der Waals surface area contributed by atoms with Crippen LogP contribution in [-0.2, 0) is 10.0 Å². The summed E-state index contributed by atoms with van der Waals surface area (Å²) in [4.78, 5) is 3.87. The summed E-state index contributed by atoms with van der Waals surface area (Å²) in [6, 6.07) is 19.2. The Labute approximate surface area is 140 Å². The Morgan fingerprint density at radius 3 is 2.29 bits per heavy atom. The van der Waals surface area contributed by atoms with Crippen molar-refractivity contribution in [2.45, 2.75) is 11.8 Å². The van der Waals surface area contributed by atoms with Gasteiger partial charge < -0.3 is 4.74 Å². The monoisotopic (exact) mass is 343 g/mol. The highest BCUT2D eigenvalue weighted by Crippen LogP contribution is 2.24. The molecule has 124 valence electrons. The van der Waals surface area contributed by atoms with Gasteiger partial charge in [-0.15, -0.1) is 5.10 Å². The fourth-order valence-corrected chi connectivity index (χ4v) is 3.22. The first-order valence-electron chi connectivity index (χ1n) is 7.46. The van der Waals surface area contributed by atoms with Crippen molar-refractivity contribution in [1.82, 2.24) is 9.89 Å². The third-order valence-electron chi connectivity index (χ3n) is 3.31. The van der Waals surface area contributed by atoms with Crippen LogP contribution in [0.15, 0.2) is 71.6 Å². The van der Waals surface area contributed by atoms with Gasteiger partial charge in [-0.05, 0) is 19.1 Å². The molecular formula is C17H17N3O3S. The van der Waals surface area contributed by atoms with Gasteiger partial charge in [0.2, 0.25) is 5.88 Å². The van der Waals surface area contributed by atoms with Gasteiger partial charge in [-0.3, -0.25) is 0 Å².